The zero-order chi connectivity index (χ0) is 20.5. The van der Waals surface area contributed by atoms with Gasteiger partial charge < -0.3 is 4.84 Å². The lowest BCUT2D eigenvalue weighted by Gasteiger charge is -2.34. The molecule has 3 nitrogen and oxygen atoms in total. The first kappa shape index (κ1) is 21.1. The van der Waals surface area contributed by atoms with Gasteiger partial charge in [0.2, 0.25) is 15.1 Å². The average Bonchev–Trinajstić information content (AvgIpc) is 3.01. The molecule has 0 bridgehead atoms. The molecule has 0 fully saturated rings. The summed E-state index contributed by atoms with van der Waals surface area (Å²) in [5, 5.41) is 2.01. The van der Waals surface area contributed by atoms with Crippen LogP contribution in [0.3, 0.4) is 0 Å². The molecule has 0 N–H and O–H groups in total. The van der Waals surface area contributed by atoms with Gasteiger partial charge in [0.1, 0.15) is 6.04 Å². The van der Waals surface area contributed by atoms with Crippen molar-refractivity contribution in [3.05, 3.63) is 79.1 Å². The topological polar surface area (TPSA) is 29.5 Å². The zero-order valence-corrected chi connectivity index (χ0v) is 19.7. The molecule has 148 valence electrons. The van der Waals surface area contributed by atoms with Gasteiger partial charge in [-0.05, 0) is 38.5 Å². The smallest absolute Gasteiger partial charge is 0.359 e. The normalized spacial score (nSPS) is 18.3. The van der Waals surface area contributed by atoms with Crippen molar-refractivity contribution in [2.45, 2.75) is 53.1 Å². The summed E-state index contributed by atoms with van der Waals surface area (Å²) in [4.78, 5) is 19.7. The molecule has 4 heteroatoms. The lowest BCUT2D eigenvalue weighted by atomic mass is 9.89. The lowest BCUT2D eigenvalue weighted by Crippen LogP contribution is -3.61. The molecule has 1 aliphatic heterocycles. The number of carbonyl (C=O) groups is 1. The van der Waals surface area contributed by atoms with E-state index in [1.807, 2.05) is 38.0 Å². The van der Waals surface area contributed by atoms with Crippen molar-refractivity contribution in [1.29, 1.82) is 0 Å². The van der Waals surface area contributed by atoms with E-state index in [0.717, 1.165) is 3.58 Å². The van der Waals surface area contributed by atoms with Crippen molar-refractivity contribution in [2.75, 3.05) is 0 Å². The van der Waals surface area contributed by atoms with Crippen LogP contribution in [0, 0.1) is 8.99 Å². The van der Waals surface area contributed by atoms with Crippen molar-refractivity contribution in [3.8, 4) is 0 Å². The van der Waals surface area contributed by atoms with E-state index in [0.29, 0.717) is 5.76 Å². The van der Waals surface area contributed by atoms with Crippen molar-refractivity contribution in [1.82, 2.24) is 5.06 Å². The van der Waals surface area contributed by atoms with Gasteiger partial charge in [0.15, 0.2) is 3.57 Å². The Bertz CT molecular complexity index is 861. The second kappa shape index (κ2) is 7.99. The molecule has 3 rings (SSSR count). The van der Waals surface area contributed by atoms with E-state index >= 15 is 0 Å². The van der Waals surface area contributed by atoms with Crippen LogP contribution in [0.2, 0.25) is 0 Å². The van der Waals surface area contributed by atoms with Crippen LogP contribution < -0.4 is 21.2 Å². The Morgan fingerprint density at radius 1 is 0.893 bits per heavy atom. The van der Waals surface area contributed by atoms with Crippen LogP contribution in [0.15, 0.2) is 70.0 Å². The van der Waals surface area contributed by atoms with E-state index in [2.05, 4.69) is 69.3 Å². The third kappa shape index (κ3) is 4.49. The standard InChI is InChI=1S/C24H29INO2/c1-23(2,3)22(27)21-19(25-18-15-11-8-12-16-18)20(17-13-9-7-10-14-17)26(28-21)24(4,5)6/h7-16,20H,1-6H3/q+1. The van der Waals surface area contributed by atoms with E-state index in [9.17, 15) is 4.79 Å². The number of ketones is 1. The SMILES string of the molecule is CC(C)(C)C(=O)C1=C([I+]c2ccccc2)C(c2ccccc2)N(C(C)(C)C)O1. The van der Waals surface area contributed by atoms with Crippen molar-refractivity contribution >= 4 is 5.78 Å². The van der Waals surface area contributed by atoms with E-state index in [4.69, 9.17) is 4.84 Å². The van der Waals surface area contributed by atoms with Gasteiger partial charge >= 0.3 is 21.2 Å². The monoisotopic (exact) mass is 490 g/mol. The molecule has 1 heterocycles. The Kier molecular flexibility index (Phi) is 6.01. The van der Waals surface area contributed by atoms with E-state index in [1.165, 1.54) is 9.13 Å². The fourth-order valence-electron chi connectivity index (χ4n) is 3.04. The third-order valence-electron chi connectivity index (χ3n) is 4.49. The van der Waals surface area contributed by atoms with Crippen molar-refractivity contribution in [2.24, 2.45) is 5.41 Å². The Labute approximate surface area is 179 Å². The lowest BCUT2D eigenvalue weighted by molar-refractivity contribution is -0.582. The van der Waals surface area contributed by atoms with Crippen LogP contribution in [-0.2, 0) is 9.63 Å². The third-order valence-corrected chi connectivity index (χ3v) is 7.49. The maximum absolute atomic E-state index is 13.3. The number of hydrogen-bond acceptors (Lipinski definition) is 3. The van der Waals surface area contributed by atoms with Crippen LogP contribution in [0.1, 0.15) is 53.1 Å². The number of benzene rings is 2. The van der Waals surface area contributed by atoms with Gasteiger partial charge in [-0.1, -0.05) is 69.3 Å². The van der Waals surface area contributed by atoms with Gasteiger partial charge in [0.05, 0.1) is 0 Å². The predicted molar refractivity (Wildman–Crippen MR) is 108 cm³/mol. The first-order valence-corrected chi connectivity index (χ1v) is 11.8. The van der Waals surface area contributed by atoms with Gasteiger partial charge in [-0.25, -0.2) is 0 Å². The van der Waals surface area contributed by atoms with Gasteiger partial charge in [0, 0.05) is 11.0 Å². The van der Waals surface area contributed by atoms with Gasteiger partial charge in [-0.2, -0.15) is 0 Å². The predicted octanol–water partition coefficient (Wildman–Crippen LogP) is 2.56. The molecule has 1 unspecified atom stereocenters. The van der Waals surface area contributed by atoms with Crippen LogP contribution in [0.4, 0.5) is 0 Å². The summed E-state index contributed by atoms with van der Waals surface area (Å²) in [6, 6.07) is 20.8. The highest BCUT2D eigenvalue weighted by Gasteiger charge is 2.52. The highest BCUT2D eigenvalue weighted by atomic mass is 127. The second-order valence-corrected chi connectivity index (χ2v) is 12.0. The van der Waals surface area contributed by atoms with Crippen LogP contribution >= 0.6 is 0 Å². The molecule has 1 atom stereocenters. The molecular formula is C24H29INO2+. The summed E-state index contributed by atoms with van der Waals surface area (Å²) < 4.78 is 2.43. The van der Waals surface area contributed by atoms with E-state index in [1.54, 1.807) is 0 Å². The van der Waals surface area contributed by atoms with Crippen LogP contribution in [-0.4, -0.2) is 16.4 Å². The fraction of sp³-hybridized carbons (Fsp3) is 0.375. The molecule has 0 saturated heterocycles. The molecule has 2 aromatic rings. The Morgan fingerprint density at radius 2 is 1.43 bits per heavy atom. The van der Waals surface area contributed by atoms with Gasteiger partial charge in [-0.15, -0.1) is 5.06 Å². The first-order chi connectivity index (χ1) is 13.1. The van der Waals surface area contributed by atoms with Gasteiger partial charge in [-0.3, -0.25) is 4.79 Å². The molecule has 0 amide bonds. The largest absolute Gasteiger partial charge is 0.396 e. The zero-order valence-electron chi connectivity index (χ0n) is 17.5. The van der Waals surface area contributed by atoms with E-state index < -0.39 is 26.6 Å². The number of halogens is 1. The molecular weight excluding hydrogens is 461 g/mol. The summed E-state index contributed by atoms with van der Waals surface area (Å²) in [7, 11) is 0. The minimum absolute atomic E-state index is 0.0458. The van der Waals surface area contributed by atoms with Crippen molar-refractivity contribution in [3.63, 3.8) is 0 Å². The Balaban J connectivity index is 2.16. The number of allylic oxidation sites excluding steroid dienone is 1. The number of hydrogen-bond donors (Lipinski definition) is 0. The number of rotatable bonds is 4. The highest BCUT2D eigenvalue weighted by Crippen LogP contribution is 2.41. The van der Waals surface area contributed by atoms with E-state index in [-0.39, 0.29) is 17.4 Å². The summed E-state index contributed by atoms with van der Waals surface area (Å²) in [5.74, 6) is 0.624. The first-order valence-electron chi connectivity index (χ1n) is 9.60. The number of hydroxylamine groups is 2. The molecule has 0 aromatic heterocycles. The molecule has 28 heavy (non-hydrogen) atoms. The minimum Gasteiger partial charge on any atom is -0.396 e. The Hall–Kier alpha value is -1.66. The highest BCUT2D eigenvalue weighted by molar-refractivity contribution is 5.98. The number of nitrogens with zero attached hydrogens (tertiary/aromatic N) is 1. The second-order valence-electron chi connectivity index (χ2n) is 9.05. The number of Topliss-reactive ketones (excluding diaryl/α,β-unsaturated/α-hetero) is 1. The Morgan fingerprint density at radius 3 is 1.93 bits per heavy atom. The van der Waals surface area contributed by atoms with Crippen LogP contribution in [0.25, 0.3) is 0 Å². The minimum atomic E-state index is -0.548. The summed E-state index contributed by atoms with van der Waals surface area (Å²) >= 11 is -0.548. The molecule has 0 spiro atoms. The summed E-state index contributed by atoms with van der Waals surface area (Å²) in [5.41, 5.74) is 0.433. The molecule has 0 radical (unpaired) electrons. The summed E-state index contributed by atoms with van der Waals surface area (Å²) in [6.07, 6.45) is 0. The summed E-state index contributed by atoms with van der Waals surface area (Å²) in [6.45, 7) is 12.3. The van der Waals surface area contributed by atoms with Crippen LogP contribution in [0.5, 0.6) is 0 Å². The molecule has 2 aromatic carbocycles. The maximum atomic E-state index is 13.3. The average molecular weight is 490 g/mol. The van der Waals surface area contributed by atoms with Crippen molar-refractivity contribution < 1.29 is 30.8 Å². The van der Waals surface area contributed by atoms with Gasteiger partial charge in [0.25, 0.3) is 0 Å². The molecule has 0 saturated carbocycles. The maximum Gasteiger partial charge on any atom is 0.359 e. The quantitative estimate of drug-likeness (QED) is 0.618. The number of carbonyl (C=O) groups excluding carboxylic acids is 1. The molecule has 1 aliphatic rings. The fourth-order valence-corrected chi connectivity index (χ4v) is 5.99. The molecule has 0 aliphatic carbocycles.